The van der Waals surface area contributed by atoms with Gasteiger partial charge in [0.25, 0.3) is 0 Å². The van der Waals surface area contributed by atoms with Crippen LogP contribution in [0.4, 0.5) is 4.79 Å². The van der Waals surface area contributed by atoms with Gasteiger partial charge in [-0.2, -0.15) is 0 Å². The topological polar surface area (TPSA) is 85.4 Å². The van der Waals surface area contributed by atoms with E-state index in [1.165, 1.54) is 0 Å². The molecule has 2 aromatic rings. The van der Waals surface area contributed by atoms with E-state index < -0.39 is 15.1 Å². The summed E-state index contributed by atoms with van der Waals surface area (Å²) in [5, 5.41) is 3.50. The number of aryl methyl sites for hydroxylation is 1. The van der Waals surface area contributed by atoms with Crippen LogP contribution < -0.4 is 5.32 Å². The molecule has 1 amide bonds. The Hall–Kier alpha value is -1.93. The second-order valence-electron chi connectivity index (χ2n) is 8.80. The molecule has 1 N–H and O–H groups in total. The van der Waals surface area contributed by atoms with Crippen LogP contribution in [0.2, 0.25) is 0 Å². The van der Waals surface area contributed by atoms with E-state index >= 15 is 0 Å². The van der Waals surface area contributed by atoms with Crippen LogP contribution in [-0.2, 0) is 14.6 Å². The standard InChI is InChI=1S/C23H32N2O4S2/c1-14(2)29-23(26)25-18-9-7-17(8-10-18)22-24-13-20(30-22)19-11-6-16(5)12-21(19)31(27,28)15(3)4/h6,11-15,17-18H,7-10H2,1-5H3,(H,25,26)/t17-,18-. The molecule has 1 heterocycles. The predicted molar refractivity (Wildman–Crippen MR) is 124 cm³/mol. The van der Waals surface area contributed by atoms with Crippen molar-refractivity contribution >= 4 is 27.3 Å². The molecule has 1 aromatic heterocycles. The number of hydrogen-bond acceptors (Lipinski definition) is 6. The fraction of sp³-hybridized carbons (Fsp3) is 0.565. The number of nitrogens with zero attached hydrogens (tertiary/aromatic N) is 1. The zero-order chi connectivity index (χ0) is 22.8. The maximum Gasteiger partial charge on any atom is 0.407 e. The molecule has 0 atom stereocenters. The number of carbonyl (C=O) groups excluding carboxylic acids is 1. The van der Waals surface area contributed by atoms with Gasteiger partial charge in [0.1, 0.15) is 0 Å². The number of carbonyl (C=O) groups is 1. The van der Waals surface area contributed by atoms with Crippen molar-refractivity contribution in [2.45, 2.75) is 88.5 Å². The number of hydrogen-bond donors (Lipinski definition) is 1. The highest BCUT2D eigenvalue weighted by Gasteiger charge is 2.28. The SMILES string of the molecule is Cc1ccc(-c2cnc([C@H]3CC[C@H](NC(=O)OC(C)C)CC3)s2)c(S(=O)(=O)C(C)C)c1. The molecule has 0 unspecified atom stereocenters. The lowest BCUT2D eigenvalue weighted by Gasteiger charge is -2.28. The molecule has 1 aliphatic carbocycles. The Bertz CT molecular complexity index is 1020. The highest BCUT2D eigenvalue weighted by Crippen LogP contribution is 2.40. The summed E-state index contributed by atoms with van der Waals surface area (Å²) in [7, 11) is -3.39. The summed E-state index contributed by atoms with van der Waals surface area (Å²) in [4.78, 5) is 17.7. The second-order valence-corrected chi connectivity index (χ2v) is 12.3. The van der Waals surface area contributed by atoms with E-state index in [0.29, 0.717) is 10.8 Å². The van der Waals surface area contributed by atoms with Gasteiger partial charge in [0.2, 0.25) is 0 Å². The molecule has 31 heavy (non-hydrogen) atoms. The monoisotopic (exact) mass is 464 g/mol. The molecule has 1 aliphatic rings. The first kappa shape index (κ1) is 23.7. The first-order chi connectivity index (χ1) is 14.6. The molecule has 1 aromatic carbocycles. The van der Waals surface area contributed by atoms with Gasteiger partial charge in [-0.25, -0.2) is 18.2 Å². The van der Waals surface area contributed by atoms with Gasteiger partial charge in [-0.1, -0.05) is 12.1 Å². The molecule has 3 rings (SSSR count). The van der Waals surface area contributed by atoms with E-state index in [4.69, 9.17) is 4.74 Å². The summed E-state index contributed by atoms with van der Waals surface area (Å²) in [5.41, 5.74) is 1.66. The molecule has 170 valence electrons. The summed E-state index contributed by atoms with van der Waals surface area (Å²) in [6, 6.07) is 5.73. The van der Waals surface area contributed by atoms with Crippen molar-refractivity contribution in [1.82, 2.24) is 10.3 Å². The quantitative estimate of drug-likeness (QED) is 0.613. The number of nitrogens with one attached hydrogen (secondary N) is 1. The normalized spacial score (nSPS) is 19.6. The van der Waals surface area contributed by atoms with Crippen molar-refractivity contribution in [2.75, 3.05) is 0 Å². The number of amides is 1. The highest BCUT2D eigenvalue weighted by molar-refractivity contribution is 7.92. The number of rotatable bonds is 6. The van der Waals surface area contributed by atoms with Crippen LogP contribution in [-0.4, -0.2) is 36.9 Å². The number of sulfone groups is 1. The predicted octanol–water partition coefficient (Wildman–Crippen LogP) is 5.46. The van der Waals surface area contributed by atoms with E-state index in [0.717, 1.165) is 46.7 Å². The van der Waals surface area contributed by atoms with Gasteiger partial charge >= 0.3 is 6.09 Å². The van der Waals surface area contributed by atoms with Crippen LogP contribution >= 0.6 is 11.3 Å². The maximum absolute atomic E-state index is 12.9. The van der Waals surface area contributed by atoms with Crippen LogP contribution in [0, 0.1) is 6.92 Å². The first-order valence-electron chi connectivity index (χ1n) is 10.9. The lowest BCUT2D eigenvalue weighted by Crippen LogP contribution is -2.38. The zero-order valence-corrected chi connectivity index (χ0v) is 20.5. The van der Waals surface area contributed by atoms with Gasteiger partial charge in [-0.05, 0) is 71.9 Å². The molecule has 0 radical (unpaired) electrons. The smallest absolute Gasteiger partial charge is 0.407 e. The Morgan fingerprint density at radius 1 is 1.16 bits per heavy atom. The highest BCUT2D eigenvalue weighted by atomic mass is 32.2. The minimum absolute atomic E-state index is 0.127. The Balaban J connectivity index is 1.73. The third-order valence-electron chi connectivity index (χ3n) is 5.59. The summed E-state index contributed by atoms with van der Waals surface area (Å²) in [5.74, 6) is 0.327. The van der Waals surface area contributed by atoms with Crippen LogP contribution in [0.3, 0.4) is 0 Å². The molecule has 0 spiro atoms. The van der Waals surface area contributed by atoms with Crippen molar-refractivity contribution in [3.8, 4) is 10.4 Å². The van der Waals surface area contributed by atoms with Gasteiger partial charge in [0.15, 0.2) is 9.84 Å². The van der Waals surface area contributed by atoms with Gasteiger partial charge in [0.05, 0.1) is 26.1 Å². The average molecular weight is 465 g/mol. The number of benzene rings is 1. The van der Waals surface area contributed by atoms with E-state index in [2.05, 4.69) is 10.3 Å². The lowest BCUT2D eigenvalue weighted by atomic mass is 9.86. The van der Waals surface area contributed by atoms with Crippen molar-refractivity contribution in [2.24, 2.45) is 0 Å². The van der Waals surface area contributed by atoms with Crippen molar-refractivity contribution in [3.05, 3.63) is 35.0 Å². The van der Waals surface area contributed by atoms with Crippen LogP contribution in [0.1, 0.15) is 69.9 Å². The minimum atomic E-state index is -3.39. The first-order valence-corrected chi connectivity index (χ1v) is 13.2. The van der Waals surface area contributed by atoms with E-state index in [1.807, 2.05) is 32.9 Å². The Morgan fingerprint density at radius 2 is 1.84 bits per heavy atom. The maximum atomic E-state index is 12.9. The summed E-state index contributed by atoms with van der Waals surface area (Å²) in [6.07, 6.45) is 4.95. The molecule has 0 saturated heterocycles. The van der Waals surface area contributed by atoms with E-state index in [9.17, 15) is 13.2 Å². The molecule has 0 bridgehead atoms. The molecule has 1 saturated carbocycles. The second kappa shape index (κ2) is 9.69. The van der Waals surface area contributed by atoms with Crippen LogP contribution in [0.15, 0.2) is 29.3 Å². The molecular formula is C23H32N2O4S2. The van der Waals surface area contributed by atoms with Crippen molar-refractivity contribution < 1.29 is 17.9 Å². The third kappa shape index (κ3) is 5.66. The molecule has 6 nitrogen and oxygen atoms in total. The average Bonchev–Trinajstić information content (AvgIpc) is 3.17. The van der Waals surface area contributed by atoms with Gasteiger partial charge < -0.3 is 10.1 Å². The molecule has 0 aliphatic heterocycles. The number of ether oxygens (including phenoxy) is 1. The summed E-state index contributed by atoms with van der Waals surface area (Å²) in [6.45, 7) is 9.00. The summed E-state index contributed by atoms with van der Waals surface area (Å²) < 4.78 is 31.0. The Kier molecular flexibility index (Phi) is 7.42. The van der Waals surface area contributed by atoms with Crippen molar-refractivity contribution in [3.63, 3.8) is 0 Å². The van der Waals surface area contributed by atoms with Gasteiger partial charge in [-0.15, -0.1) is 11.3 Å². The Labute approximate surface area is 189 Å². The fourth-order valence-electron chi connectivity index (χ4n) is 3.82. The lowest BCUT2D eigenvalue weighted by molar-refractivity contribution is 0.109. The Morgan fingerprint density at radius 3 is 2.45 bits per heavy atom. The van der Waals surface area contributed by atoms with Gasteiger partial charge in [0, 0.05) is 23.7 Å². The number of thiazole rings is 1. The molecule has 8 heteroatoms. The van der Waals surface area contributed by atoms with Crippen LogP contribution in [0.5, 0.6) is 0 Å². The van der Waals surface area contributed by atoms with Gasteiger partial charge in [-0.3, -0.25) is 0 Å². The van der Waals surface area contributed by atoms with E-state index in [1.54, 1.807) is 37.4 Å². The number of aromatic nitrogens is 1. The largest absolute Gasteiger partial charge is 0.447 e. The van der Waals surface area contributed by atoms with Crippen molar-refractivity contribution in [1.29, 1.82) is 0 Å². The third-order valence-corrected chi connectivity index (χ3v) is 8.98. The zero-order valence-electron chi connectivity index (χ0n) is 18.8. The summed E-state index contributed by atoms with van der Waals surface area (Å²) >= 11 is 1.58. The molecule has 1 fully saturated rings. The molecular weight excluding hydrogens is 432 g/mol. The minimum Gasteiger partial charge on any atom is -0.447 e. The fourth-order valence-corrected chi connectivity index (χ4v) is 6.36. The van der Waals surface area contributed by atoms with E-state index in [-0.39, 0.29) is 18.2 Å². The number of alkyl carbamates (subject to hydrolysis) is 1. The van der Waals surface area contributed by atoms with Crippen LogP contribution in [0.25, 0.3) is 10.4 Å².